The van der Waals surface area contributed by atoms with Gasteiger partial charge in [-0.15, -0.1) is 22.7 Å². The van der Waals surface area contributed by atoms with Crippen LogP contribution in [0.5, 0.6) is 0 Å². The summed E-state index contributed by atoms with van der Waals surface area (Å²) in [4.78, 5) is 6.90. The Hall–Kier alpha value is -4.67. The minimum absolute atomic E-state index is 0.0357. The highest BCUT2D eigenvalue weighted by Crippen LogP contribution is 2.36. The molecular formula is C25H14N6OS2. The number of hydrogen-bond donors (Lipinski definition) is 0. The fourth-order valence-electron chi connectivity index (χ4n) is 3.32. The molecule has 0 aliphatic carbocycles. The third-order valence-electron chi connectivity index (χ3n) is 4.82. The molecule has 7 nitrogen and oxygen atoms in total. The molecule has 0 N–H and O–H groups in total. The van der Waals surface area contributed by atoms with Crippen LogP contribution in [0.2, 0.25) is 0 Å². The van der Waals surface area contributed by atoms with Gasteiger partial charge in [0.05, 0.1) is 16.3 Å². The van der Waals surface area contributed by atoms with Crippen LogP contribution in [-0.4, -0.2) is 9.55 Å². The maximum Gasteiger partial charge on any atom is 0.151 e. The Morgan fingerprint density at radius 2 is 1.50 bits per heavy atom. The summed E-state index contributed by atoms with van der Waals surface area (Å²) in [6.45, 7) is 2.73. The van der Waals surface area contributed by atoms with Gasteiger partial charge in [-0.2, -0.15) is 21.0 Å². The molecule has 0 atom stereocenters. The lowest BCUT2D eigenvalue weighted by atomic mass is 10.3. The summed E-state index contributed by atoms with van der Waals surface area (Å²) in [6, 6.07) is 19.0. The SMILES string of the molecule is CCn1c(-c2ccc(-c3ccc(C=C(C#N)C#N)s3)o2)ccc1-c1ncc(C=C(C#N)C#N)s1. The number of hydrogen-bond acceptors (Lipinski definition) is 8. The average Bonchev–Trinajstić information content (AvgIpc) is 3.66. The number of furan rings is 1. The van der Waals surface area contributed by atoms with Gasteiger partial charge in [0.2, 0.25) is 0 Å². The molecule has 9 heteroatoms. The first-order chi connectivity index (χ1) is 16.6. The fourth-order valence-corrected chi connectivity index (χ4v) is 5.12. The smallest absolute Gasteiger partial charge is 0.151 e. The van der Waals surface area contributed by atoms with Crippen molar-refractivity contribution in [3.63, 3.8) is 0 Å². The van der Waals surface area contributed by atoms with Crippen molar-refractivity contribution in [1.82, 2.24) is 9.55 Å². The van der Waals surface area contributed by atoms with Gasteiger partial charge < -0.3 is 8.98 Å². The van der Waals surface area contributed by atoms with Gasteiger partial charge in [0.1, 0.15) is 46.2 Å². The minimum atomic E-state index is 0.0357. The summed E-state index contributed by atoms with van der Waals surface area (Å²) in [7, 11) is 0. The molecule has 0 bridgehead atoms. The molecule has 4 aromatic rings. The van der Waals surface area contributed by atoms with Gasteiger partial charge in [0.15, 0.2) is 5.76 Å². The molecule has 0 aromatic carbocycles. The highest BCUT2D eigenvalue weighted by atomic mass is 32.1. The van der Waals surface area contributed by atoms with Crippen molar-refractivity contribution in [2.24, 2.45) is 0 Å². The number of nitriles is 4. The Labute approximate surface area is 203 Å². The maximum absolute atomic E-state index is 8.97. The zero-order valence-electron chi connectivity index (χ0n) is 17.8. The largest absolute Gasteiger partial charge is 0.454 e. The molecule has 0 saturated carbocycles. The predicted molar refractivity (Wildman–Crippen MR) is 131 cm³/mol. The Kier molecular flexibility index (Phi) is 6.53. The highest BCUT2D eigenvalue weighted by molar-refractivity contribution is 7.16. The normalized spacial score (nSPS) is 9.91. The van der Waals surface area contributed by atoms with Crippen LogP contribution in [0.3, 0.4) is 0 Å². The van der Waals surface area contributed by atoms with Crippen LogP contribution < -0.4 is 0 Å². The molecule has 0 aliphatic heterocycles. The number of thiophene rings is 1. The molecular weight excluding hydrogens is 464 g/mol. The third kappa shape index (κ3) is 4.44. The molecule has 4 aromatic heterocycles. The fraction of sp³-hybridized carbons (Fsp3) is 0.0800. The zero-order valence-corrected chi connectivity index (χ0v) is 19.4. The molecule has 0 spiro atoms. The van der Waals surface area contributed by atoms with Gasteiger partial charge in [-0.05, 0) is 55.5 Å². The van der Waals surface area contributed by atoms with E-state index in [0.717, 1.165) is 31.0 Å². The van der Waals surface area contributed by atoms with Crippen LogP contribution in [0.15, 0.2) is 58.2 Å². The summed E-state index contributed by atoms with van der Waals surface area (Å²) in [5, 5.41) is 36.6. The lowest BCUT2D eigenvalue weighted by molar-refractivity contribution is 0.589. The van der Waals surface area contributed by atoms with Crippen LogP contribution in [0, 0.1) is 45.3 Å². The molecule has 0 radical (unpaired) electrons. The van der Waals surface area contributed by atoms with Crippen LogP contribution in [0.1, 0.15) is 16.7 Å². The van der Waals surface area contributed by atoms with Crippen molar-refractivity contribution < 1.29 is 4.42 Å². The van der Waals surface area contributed by atoms with Crippen LogP contribution >= 0.6 is 22.7 Å². The number of nitrogens with zero attached hydrogens (tertiary/aromatic N) is 6. The summed E-state index contributed by atoms with van der Waals surface area (Å²) in [6.07, 6.45) is 4.74. The van der Waals surface area contributed by atoms with Crippen molar-refractivity contribution in [3.8, 4) is 57.1 Å². The van der Waals surface area contributed by atoms with E-state index in [1.807, 2.05) is 67.6 Å². The molecule has 4 rings (SSSR count). The van der Waals surface area contributed by atoms with Gasteiger partial charge in [0, 0.05) is 22.5 Å². The van der Waals surface area contributed by atoms with Gasteiger partial charge in [-0.3, -0.25) is 0 Å². The van der Waals surface area contributed by atoms with Crippen LogP contribution in [0.4, 0.5) is 0 Å². The van der Waals surface area contributed by atoms with E-state index in [1.54, 1.807) is 12.3 Å². The second-order valence-electron chi connectivity index (χ2n) is 6.85. The molecule has 0 amide bonds. The van der Waals surface area contributed by atoms with Crippen molar-refractivity contribution in [3.05, 3.63) is 63.5 Å². The summed E-state index contributed by atoms with van der Waals surface area (Å²) >= 11 is 2.84. The Balaban J connectivity index is 1.64. The lowest BCUT2D eigenvalue weighted by Crippen LogP contribution is -1.98. The van der Waals surface area contributed by atoms with E-state index in [4.69, 9.17) is 25.5 Å². The van der Waals surface area contributed by atoms with Crippen molar-refractivity contribution in [1.29, 1.82) is 21.0 Å². The van der Waals surface area contributed by atoms with E-state index in [9.17, 15) is 0 Å². The molecule has 0 fully saturated rings. The van der Waals surface area contributed by atoms with E-state index in [1.165, 1.54) is 28.7 Å². The highest BCUT2D eigenvalue weighted by Gasteiger charge is 2.17. The van der Waals surface area contributed by atoms with Crippen LogP contribution in [0.25, 0.3) is 44.9 Å². The van der Waals surface area contributed by atoms with Crippen molar-refractivity contribution >= 4 is 34.8 Å². The van der Waals surface area contributed by atoms with E-state index < -0.39 is 0 Å². The summed E-state index contributed by atoms with van der Waals surface area (Å²) < 4.78 is 8.24. The standard InChI is InChI=1S/C25H14N6OS2/c1-2-31-20(4-5-21(31)25-30-15-19(34-25)10-17(13-28)14-29)22-6-7-23(32-22)24-8-3-18(33-24)9-16(11-26)12-27/h3-10,15H,2H2,1H3. The Morgan fingerprint density at radius 3 is 2.18 bits per heavy atom. The molecule has 4 heterocycles. The predicted octanol–water partition coefficient (Wildman–Crippen LogP) is 6.48. The van der Waals surface area contributed by atoms with Crippen molar-refractivity contribution in [2.75, 3.05) is 0 Å². The number of aromatic nitrogens is 2. The number of rotatable bonds is 6. The van der Waals surface area contributed by atoms with E-state index in [-0.39, 0.29) is 11.1 Å². The first-order valence-electron chi connectivity index (χ1n) is 10.00. The second kappa shape index (κ2) is 9.86. The Morgan fingerprint density at radius 1 is 0.853 bits per heavy atom. The first kappa shape index (κ1) is 22.5. The van der Waals surface area contributed by atoms with Gasteiger partial charge in [-0.1, -0.05) is 0 Å². The number of thiazole rings is 1. The van der Waals surface area contributed by atoms with E-state index >= 15 is 0 Å². The quantitative estimate of drug-likeness (QED) is 0.292. The molecule has 162 valence electrons. The summed E-state index contributed by atoms with van der Waals surface area (Å²) in [5.41, 5.74) is 1.91. The van der Waals surface area contributed by atoms with Gasteiger partial charge in [0.25, 0.3) is 0 Å². The minimum Gasteiger partial charge on any atom is -0.454 e. The summed E-state index contributed by atoms with van der Waals surface area (Å²) in [5.74, 6) is 1.40. The third-order valence-corrected chi connectivity index (χ3v) is 6.84. The first-order valence-corrected chi connectivity index (χ1v) is 11.6. The molecule has 0 unspecified atom stereocenters. The lowest BCUT2D eigenvalue weighted by Gasteiger charge is -2.08. The van der Waals surface area contributed by atoms with Crippen LogP contribution in [-0.2, 0) is 6.54 Å². The van der Waals surface area contributed by atoms with E-state index in [2.05, 4.69) is 9.55 Å². The van der Waals surface area contributed by atoms with Gasteiger partial charge >= 0.3 is 0 Å². The van der Waals surface area contributed by atoms with Gasteiger partial charge in [-0.25, -0.2) is 4.98 Å². The molecule has 0 saturated heterocycles. The molecule has 34 heavy (non-hydrogen) atoms. The van der Waals surface area contributed by atoms with Crippen molar-refractivity contribution in [2.45, 2.75) is 13.5 Å². The van der Waals surface area contributed by atoms with E-state index in [0.29, 0.717) is 18.1 Å². The second-order valence-corrected chi connectivity index (χ2v) is 9.02. The average molecular weight is 479 g/mol. The Bertz CT molecular complexity index is 1570. The number of allylic oxidation sites excluding steroid dienone is 2. The zero-order chi connectivity index (χ0) is 24.1. The molecule has 0 aliphatic rings. The monoisotopic (exact) mass is 478 g/mol. The maximum atomic E-state index is 8.97. The topological polar surface area (TPSA) is 126 Å².